The molecule has 2 amide bonds. The van der Waals surface area contributed by atoms with E-state index in [1.165, 1.54) is 0 Å². The van der Waals surface area contributed by atoms with Crippen LogP contribution in [0.2, 0.25) is 0 Å². The van der Waals surface area contributed by atoms with Crippen molar-refractivity contribution in [3.05, 3.63) is 65.9 Å². The van der Waals surface area contributed by atoms with E-state index in [1.807, 2.05) is 59.2 Å². The van der Waals surface area contributed by atoms with Gasteiger partial charge in [0, 0.05) is 17.4 Å². The highest BCUT2D eigenvalue weighted by molar-refractivity contribution is 6.02. The minimum atomic E-state index is -0.601. The summed E-state index contributed by atoms with van der Waals surface area (Å²) in [6, 6.07) is 16.6. The Hall–Kier alpha value is -3.28. The van der Waals surface area contributed by atoms with Crippen molar-refractivity contribution in [1.29, 1.82) is 0 Å². The van der Waals surface area contributed by atoms with E-state index in [4.69, 9.17) is 4.74 Å². The van der Waals surface area contributed by atoms with Crippen LogP contribution in [-0.2, 0) is 17.9 Å². The van der Waals surface area contributed by atoms with Gasteiger partial charge in [0.25, 0.3) is 5.91 Å². The Balaban J connectivity index is 1.50. The molecule has 6 heteroatoms. The van der Waals surface area contributed by atoms with Gasteiger partial charge in [0.15, 0.2) is 0 Å². The SMILES string of the molecule is COc1cccc(CNC(=O)[C@@H]2Cn3c(cc4ccccc43)C(=O)N2)c1. The average molecular weight is 349 g/mol. The molecule has 2 aromatic carbocycles. The van der Waals surface area contributed by atoms with E-state index in [0.717, 1.165) is 22.2 Å². The highest BCUT2D eigenvalue weighted by Crippen LogP contribution is 2.22. The molecule has 1 aliphatic heterocycles. The summed E-state index contributed by atoms with van der Waals surface area (Å²) in [5.41, 5.74) is 2.48. The number of carbonyl (C=O) groups is 2. The molecule has 0 unspecified atom stereocenters. The Morgan fingerprint density at radius 1 is 1.23 bits per heavy atom. The summed E-state index contributed by atoms with van der Waals surface area (Å²) < 4.78 is 7.10. The second-order valence-electron chi connectivity index (χ2n) is 6.29. The minimum Gasteiger partial charge on any atom is -0.497 e. The van der Waals surface area contributed by atoms with Crippen LogP contribution in [0.25, 0.3) is 10.9 Å². The second kappa shape index (κ2) is 6.55. The van der Waals surface area contributed by atoms with Crippen molar-refractivity contribution in [2.75, 3.05) is 7.11 Å². The molecule has 6 nitrogen and oxygen atoms in total. The van der Waals surface area contributed by atoms with E-state index in [2.05, 4.69) is 10.6 Å². The van der Waals surface area contributed by atoms with Crippen molar-refractivity contribution in [2.24, 2.45) is 0 Å². The van der Waals surface area contributed by atoms with Gasteiger partial charge in [-0.25, -0.2) is 0 Å². The standard InChI is InChI=1S/C20H19N3O3/c1-26-15-7-4-5-13(9-15)11-21-19(24)16-12-23-17-8-3-2-6-14(17)10-18(23)20(25)22-16/h2-10,16H,11-12H2,1H3,(H,21,24)(H,22,25)/t16-/m0/s1. The topological polar surface area (TPSA) is 72.4 Å². The first-order chi connectivity index (χ1) is 12.7. The molecule has 3 aromatic rings. The van der Waals surface area contributed by atoms with Crippen LogP contribution in [0.5, 0.6) is 5.75 Å². The Morgan fingerprint density at radius 2 is 2.08 bits per heavy atom. The summed E-state index contributed by atoms with van der Waals surface area (Å²) in [7, 11) is 1.61. The number of carbonyl (C=O) groups excluding carboxylic acids is 2. The lowest BCUT2D eigenvalue weighted by Gasteiger charge is -2.25. The number of nitrogens with one attached hydrogen (secondary N) is 2. The summed E-state index contributed by atoms with van der Waals surface area (Å²) in [5.74, 6) is 0.310. The number of methoxy groups -OCH3 is 1. The van der Waals surface area contributed by atoms with Gasteiger partial charge in [-0.1, -0.05) is 30.3 Å². The lowest BCUT2D eigenvalue weighted by Crippen LogP contribution is -2.52. The molecule has 0 radical (unpaired) electrons. The Kier molecular flexibility index (Phi) is 4.08. The van der Waals surface area contributed by atoms with Crippen molar-refractivity contribution < 1.29 is 14.3 Å². The molecule has 26 heavy (non-hydrogen) atoms. The van der Waals surface area contributed by atoms with E-state index in [9.17, 15) is 9.59 Å². The quantitative estimate of drug-likeness (QED) is 0.757. The fourth-order valence-electron chi connectivity index (χ4n) is 3.30. The molecule has 0 aliphatic carbocycles. The molecule has 1 aromatic heterocycles. The normalized spacial score (nSPS) is 16.0. The van der Waals surface area contributed by atoms with Gasteiger partial charge in [0.05, 0.1) is 13.7 Å². The number of rotatable bonds is 4. The fourth-order valence-corrected chi connectivity index (χ4v) is 3.30. The van der Waals surface area contributed by atoms with Gasteiger partial charge in [0.1, 0.15) is 17.5 Å². The molecule has 0 spiro atoms. The van der Waals surface area contributed by atoms with Gasteiger partial charge in [-0.2, -0.15) is 0 Å². The number of hydrogen-bond acceptors (Lipinski definition) is 3. The molecular formula is C20H19N3O3. The zero-order valence-corrected chi connectivity index (χ0v) is 14.4. The van der Waals surface area contributed by atoms with E-state index in [0.29, 0.717) is 18.8 Å². The van der Waals surface area contributed by atoms with Gasteiger partial charge in [0.2, 0.25) is 5.91 Å². The largest absolute Gasteiger partial charge is 0.497 e. The molecule has 0 saturated carbocycles. The van der Waals surface area contributed by atoms with Crippen molar-refractivity contribution in [3.8, 4) is 5.75 Å². The van der Waals surface area contributed by atoms with Crippen molar-refractivity contribution in [3.63, 3.8) is 0 Å². The van der Waals surface area contributed by atoms with E-state index in [1.54, 1.807) is 7.11 Å². The van der Waals surface area contributed by atoms with Crippen LogP contribution >= 0.6 is 0 Å². The lowest BCUT2D eigenvalue weighted by molar-refractivity contribution is -0.123. The predicted molar refractivity (Wildman–Crippen MR) is 98.0 cm³/mol. The maximum atomic E-state index is 12.6. The van der Waals surface area contributed by atoms with Gasteiger partial charge in [-0.15, -0.1) is 0 Å². The molecule has 0 fully saturated rings. The van der Waals surface area contributed by atoms with Crippen LogP contribution < -0.4 is 15.4 Å². The molecular weight excluding hydrogens is 330 g/mol. The van der Waals surface area contributed by atoms with Crippen LogP contribution in [0, 0.1) is 0 Å². The number of aromatic nitrogens is 1. The third-order valence-corrected chi connectivity index (χ3v) is 4.63. The monoisotopic (exact) mass is 349 g/mol. The molecule has 4 rings (SSSR count). The first kappa shape index (κ1) is 16.2. The van der Waals surface area contributed by atoms with Crippen molar-refractivity contribution >= 4 is 22.7 Å². The molecule has 2 N–H and O–H groups in total. The van der Waals surface area contributed by atoms with E-state index in [-0.39, 0.29) is 11.8 Å². The summed E-state index contributed by atoms with van der Waals surface area (Å²) >= 11 is 0. The molecule has 0 saturated heterocycles. The highest BCUT2D eigenvalue weighted by atomic mass is 16.5. The number of hydrogen-bond donors (Lipinski definition) is 2. The first-order valence-electron chi connectivity index (χ1n) is 8.45. The van der Waals surface area contributed by atoms with Crippen molar-refractivity contribution in [2.45, 2.75) is 19.1 Å². The van der Waals surface area contributed by atoms with Crippen LogP contribution in [0.3, 0.4) is 0 Å². The van der Waals surface area contributed by atoms with Crippen LogP contribution in [-0.4, -0.2) is 29.5 Å². The number of nitrogens with zero attached hydrogens (tertiary/aromatic N) is 1. The van der Waals surface area contributed by atoms with Gasteiger partial charge < -0.3 is 19.9 Å². The van der Waals surface area contributed by atoms with Gasteiger partial charge in [-0.05, 0) is 29.8 Å². The number of benzene rings is 2. The first-order valence-corrected chi connectivity index (χ1v) is 8.45. The van der Waals surface area contributed by atoms with Crippen LogP contribution in [0.1, 0.15) is 16.1 Å². The molecule has 1 atom stereocenters. The number of ether oxygens (including phenoxy) is 1. The van der Waals surface area contributed by atoms with Crippen LogP contribution in [0.15, 0.2) is 54.6 Å². The predicted octanol–water partition coefficient (Wildman–Crippen LogP) is 2.08. The average Bonchev–Trinajstić information content (AvgIpc) is 3.06. The third-order valence-electron chi connectivity index (χ3n) is 4.63. The zero-order chi connectivity index (χ0) is 18.1. The zero-order valence-electron chi connectivity index (χ0n) is 14.4. The molecule has 0 bridgehead atoms. The molecule has 1 aliphatic rings. The van der Waals surface area contributed by atoms with Gasteiger partial charge >= 0.3 is 0 Å². The van der Waals surface area contributed by atoms with Crippen molar-refractivity contribution in [1.82, 2.24) is 15.2 Å². The number of para-hydroxylation sites is 1. The molecule has 2 heterocycles. The summed E-state index contributed by atoms with van der Waals surface area (Å²) in [4.78, 5) is 25.0. The summed E-state index contributed by atoms with van der Waals surface area (Å²) in [6.07, 6.45) is 0. The Morgan fingerprint density at radius 3 is 2.92 bits per heavy atom. The number of fused-ring (bicyclic) bond motifs is 3. The maximum absolute atomic E-state index is 12.6. The lowest BCUT2D eigenvalue weighted by atomic mass is 10.1. The minimum absolute atomic E-state index is 0.204. The summed E-state index contributed by atoms with van der Waals surface area (Å²) in [5, 5.41) is 6.68. The third kappa shape index (κ3) is 2.90. The van der Waals surface area contributed by atoms with E-state index < -0.39 is 6.04 Å². The Bertz CT molecular complexity index is 993. The second-order valence-corrected chi connectivity index (χ2v) is 6.29. The molecule has 132 valence electrons. The van der Waals surface area contributed by atoms with Gasteiger partial charge in [-0.3, -0.25) is 9.59 Å². The maximum Gasteiger partial charge on any atom is 0.268 e. The van der Waals surface area contributed by atoms with E-state index >= 15 is 0 Å². The fraction of sp³-hybridized carbons (Fsp3) is 0.200. The Labute approximate surface area is 150 Å². The smallest absolute Gasteiger partial charge is 0.268 e. The van der Waals surface area contributed by atoms with Crippen LogP contribution in [0.4, 0.5) is 0 Å². The summed E-state index contributed by atoms with van der Waals surface area (Å²) in [6.45, 7) is 0.792. The highest BCUT2D eigenvalue weighted by Gasteiger charge is 2.30. The number of amides is 2.